The number of nitrogens with zero attached hydrogens (tertiary/aromatic N) is 1. The number of rotatable bonds is 3. The predicted octanol–water partition coefficient (Wildman–Crippen LogP) is 3.68. The van der Waals surface area contributed by atoms with E-state index in [2.05, 4.69) is 0 Å². The highest BCUT2D eigenvalue weighted by molar-refractivity contribution is 5.81. The predicted molar refractivity (Wildman–Crippen MR) is 97.3 cm³/mol. The summed E-state index contributed by atoms with van der Waals surface area (Å²) >= 11 is 0. The molecule has 6 heteroatoms. The van der Waals surface area contributed by atoms with Crippen LogP contribution in [0.3, 0.4) is 0 Å². The number of fused-ring (bicyclic) bond motifs is 3. The van der Waals surface area contributed by atoms with Gasteiger partial charge in [0.15, 0.2) is 0 Å². The first-order chi connectivity index (χ1) is 12.9. The monoisotopic (exact) mass is 369 g/mol. The van der Waals surface area contributed by atoms with Crippen LogP contribution in [0.25, 0.3) is 11.1 Å². The van der Waals surface area contributed by atoms with Crippen molar-refractivity contribution in [2.45, 2.75) is 18.5 Å². The van der Waals surface area contributed by atoms with Gasteiger partial charge in [0, 0.05) is 18.4 Å². The summed E-state index contributed by atoms with van der Waals surface area (Å²) in [5.74, 6) is -2.41. The molecule has 1 N–H and O–H groups in total. The molecule has 140 valence electrons. The summed E-state index contributed by atoms with van der Waals surface area (Å²) in [5.41, 5.74) is 2.00. The van der Waals surface area contributed by atoms with Gasteiger partial charge in [0.05, 0.1) is 6.54 Å². The van der Waals surface area contributed by atoms with Crippen LogP contribution in [-0.2, 0) is 9.53 Å². The molecule has 0 bridgehead atoms. The quantitative estimate of drug-likeness (QED) is 0.896. The number of carboxylic acids is 1. The molecule has 27 heavy (non-hydrogen) atoms. The van der Waals surface area contributed by atoms with E-state index in [1.165, 1.54) is 6.92 Å². The lowest BCUT2D eigenvalue weighted by molar-refractivity contribution is -0.152. The fourth-order valence-corrected chi connectivity index (χ4v) is 4.08. The van der Waals surface area contributed by atoms with E-state index in [9.17, 15) is 14.0 Å². The molecular weight excluding hydrogens is 349 g/mol. The topological polar surface area (TPSA) is 66.8 Å². The lowest BCUT2D eigenvalue weighted by atomic mass is 9.95. The van der Waals surface area contributed by atoms with Crippen molar-refractivity contribution in [2.75, 3.05) is 19.7 Å². The minimum Gasteiger partial charge on any atom is -0.479 e. The third kappa shape index (κ3) is 2.76. The van der Waals surface area contributed by atoms with E-state index in [0.717, 1.165) is 27.2 Å². The van der Waals surface area contributed by atoms with Gasteiger partial charge in [-0.3, -0.25) is 0 Å². The number of benzene rings is 2. The Morgan fingerprint density at radius 3 is 2.22 bits per heavy atom. The Morgan fingerprint density at radius 2 is 1.70 bits per heavy atom. The maximum atomic E-state index is 14.5. The highest BCUT2D eigenvalue weighted by Crippen LogP contribution is 2.44. The van der Waals surface area contributed by atoms with Crippen LogP contribution in [-0.4, -0.2) is 47.4 Å². The summed E-state index contributed by atoms with van der Waals surface area (Å²) in [7, 11) is 0. The zero-order chi connectivity index (χ0) is 19.2. The number of halogens is 1. The van der Waals surface area contributed by atoms with Crippen LogP contribution in [0.1, 0.15) is 24.0 Å². The fraction of sp³-hybridized carbons (Fsp3) is 0.333. The molecule has 2 atom stereocenters. The molecule has 0 spiro atoms. The lowest BCUT2D eigenvalue weighted by Crippen LogP contribution is -2.41. The third-order valence-corrected chi connectivity index (χ3v) is 5.65. The van der Waals surface area contributed by atoms with Crippen LogP contribution >= 0.6 is 0 Å². The summed E-state index contributed by atoms with van der Waals surface area (Å²) < 4.78 is 20.0. The van der Waals surface area contributed by atoms with E-state index in [1.807, 2.05) is 48.5 Å². The molecule has 0 radical (unpaired) electrons. The number of alkyl halides is 1. The van der Waals surface area contributed by atoms with E-state index >= 15 is 0 Å². The smallest absolute Gasteiger partial charge is 0.409 e. The normalized spacial score (nSPS) is 23.8. The zero-order valence-electron chi connectivity index (χ0n) is 14.9. The van der Waals surface area contributed by atoms with Crippen molar-refractivity contribution in [3.63, 3.8) is 0 Å². The van der Waals surface area contributed by atoms with Gasteiger partial charge in [-0.1, -0.05) is 55.5 Å². The Labute approximate surface area is 156 Å². The van der Waals surface area contributed by atoms with Crippen molar-refractivity contribution in [3.8, 4) is 11.1 Å². The molecule has 1 fully saturated rings. The van der Waals surface area contributed by atoms with Crippen LogP contribution < -0.4 is 0 Å². The van der Waals surface area contributed by atoms with E-state index in [4.69, 9.17) is 9.84 Å². The molecule has 4 rings (SSSR count). The van der Waals surface area contributed by atoms with Gasteiger partial charge in [0.1, 0.15) is 6.61 Å². The summed E-state index contributed by atoms with van der Waals surface area (Å²) in [6, 6.07) is 16.0. The van der Waals surface area contributed by atoms with Crippen molar-refractivity contribution >= 4 is 12.1 Å². The molecule has 1 aliphatic carbocycles. The number of aliphatic carboxylic acids is 1. The number of likely N-dealkylation sites (tertiary alicyclic amines) is 1. The summed E-state index contributed by atoms with van der Waals surface area (Å²) in [4.78, 5) is 24.8. The Bertz CT molecular complexity index is 869. The van der Waals surface area contributed by atoms with Gasteiger partial charge in [-0.05, 0) is 22.3 Å². The van der Waals surface area contributed by atoms with Gasteiger partial charge in [-0.25, -0.2) is 14.0 Å². The van der Waals surface area contributed by atoms with Crippen LogP contribution in [0.15, 0.2) is 48.5 Å². The molecule has 1 amide bonds. The van der Waals surface area contributed by atoms with Crippen molar-refractivity contribution in [2.24, 2.45) is 5.92 Å². The molecule has 0 saturated carbocycles. The third-order valence-electron chi connectivity index (χ3n) is 5.65. The van der Waals surface area contributed by atoms with Gasteiger partial charge < -0.3 is 14.7 Å². The summed E-state index contributed by atoms with van der Waals surface area (Å²) in [6.07, 6.45) is -0.676. The highest BCUT2D eigenvalue weighted by atomic mass is 19.1. The SMILES string of the molecule is C[C@H]1CN(C(=O)OCC2c3ccccc3-c3ccccc32)C[C@]1(F)C(=O)O. The number of hydrogen-bond acceptors (Lipinski definition) is 3. The number of hydrogen-bond donors (Lipinski definition) is 1. The maximum Gasteiger partial charge on any atom is 0.409 e. The zero-order valence-corrected chi connectivity index (χ0v) is 14.9. The second-order valence-electron chi connectivity index (χ2n) is 7.25. The second kappa shape index (κ2) is 6.37. The Morgan fingerprint density at radius 1 is 1.15 bits per heavy atom. The average molecular weight is 369 g/mol. The van der Waals surface area contributed by atoms with Crippen LogP contribution in [0, 0.1) is 5.92 Å². The molecule has 0 unspecified atom stereocenters. The van der Waals surface area contributed by atoms with Crippen LogP contribution in [0.5, 0.6) is 0 Å². The molecular formula is C21H20FNO4. The Balaban J connectivity index is 1.50. The molecule has 1 heterocycles. The lowest BCUT2D eigenvalue weighted by Gasteiger charge is -2.20. The van der Waals surface area contributed by atoms with Gasteiger partial charge in [0.2, 0.25) is 5.67 Å². The Kier molecular flexibility index (Phi) is 4.13. The van der Waals surface area contributed by atoms with Crippen molar-refractivity contribution in [1.29, 1.82) is 0 Å². The second-order valence-corrected chi connectivity index (χ2v) is 7.25. The molecule has 5 nitrogen and oxygen atoms in total. The first-order valence-electron chi connectivity index (χ1n) is 8.94. The van der Waals surface area contributed by atoms with Crippen molar-refractivity contribution in [1.82, 2.24) is 4.90 Å². The number of ether oxygens (including phenoxy) is 1. The minimum absolute atomic E-state index is 0.0273. The standard InChI is InChI=1S/C21H20FNO4/c1-13-10-23(12-21(13,22)19(24)25)20(26)27-11-18-16-8-4-2-6-14(16)15-7-3-5-9-17(15)18/h2-9,13,18H,10-12H2,1H3,(H,24,25)/t13-,21+/m0/s1. The molecule has 2 aliphatic rings. The molecule has 1 aliphatic heterocycles. The van der Waals surface area contributed by atoms with Gasteiger partial charge in [0.25, 0.3) is 0 Å². The average Bonchev–Trinajstić information content (AvgIpc) is 3.16. The summed E-state index contributed by atoms with van der Waals surface area (Å²) in [5, 5.41) is 9.11. The summed E-state index contributed by atoms with van der Waals surface area (Å²) in [6.45, 7) is 1.16. The maximum absolute atomic E-state index is 14.5. The van der Waals surface area contributed by atoms with E-state index < -0.39 is 30.2 Å². The molecule has 2 aromatic rings. The Hall–Kier alpha value is -2.89. The molecule has 2 aromatic carbocycles. The first-order valence-corrected chi connectivity index (χ1v) is 8.94. The number of amides is 1. The molecule has 1 saturated heterocycles. The van der Waals surface area contributed by atoms with Crippen molar-refractivity contribution < 1.29 is 23.8 Å². The number of carboxylic acid groups (broad SMARTS) is 1. The highest BCUT2D eigenvalue weighted by Gasteiger charge is 2.53. The van der Waals surface area contributed by atoms with Gasteiger partial charge in [-0.2, -0.15) is 0 Å². The molecule has 0 aromatic heterocycles. The van der Waals surface area contributed by atoms with Gasteiger partial charge in [-0.15, -0.1) is 0 Å². The fourth-order valence-electron chi connectivity index (χ4n) is 4.08. The van der Waals surface area contributed by atoms with E-state index in [0.29, 0.717) is 0 Å². The van der Waals surface area contributed by atoms with E-state index in [1.54, 1.807) is 0 Å². The van der Waals surface area contributed by atoms with E-state index in [-0.39, 0.29) is 19.1 Å². The van der Waals surface area contributed by atoms with Crippen molar-refractivity contribution in [3.05, 3.63) is 59.7 Å². The number of carbonyl (C=O) groups excluding carboxylic acids is 1. The van der Waals surface area contributed by atoms with Crippen LogP contribution in [0.4, 0.5) is 9.18 Å². The van der Waals surface area contributed by atoms with Crippen LogP contribution in [0.2, 0.25) is 0 Å². The van der Waals surface area contributed by atoms with Gasteiger partial charge >= 0.3 is 12.1 Å². The number of carbonyl (C=O) groups is 2. The minimum atomic E-state index is -2.43. The first kappa shape index (κ1) is 17.5. The largest absolute Gasteiger partial charge is 0.479 e.